The van der Waals surface area contributed by atoms with E-state index >= 15 is 0 Å². The standard InChI is InChI=1S/C14H9F3N2OS/c1-20-10-4-2-3-5-11(10)21-13-9(8-18)6-7-12(19-13)14(15,16)17/h2-7H,1H3. The summed E-state index contributed by atoms with van der Waals surface area (Å²) in [5.41, 5.74) is -0.946. The Kier molecular flexibility index (Phi) is 4.38. The Labute approximate surface area is 123 Å². The second-order valence-electron chi connectivity index (χ2n) is 3.91. The van der Waals surface area contributed by atoms with Crippen LogP contribution in [-0.2, 0) is 6.18 Å². The third-order valence-corrected chi connectivity index (χ3v) is 3.61. The molecule has 0 saturated carbocycles. The smallest absolute Gasteiger partial charge is 0.433 e. The maximum Gasteiger partial charge on any atom is 0.433 e. The van der Waals surface area contributed by atoms with Crippen molar-refractivity contribution in [1.29, 1.82) is 5.26 Å². The lowest BCUT2D eigenvalue weighted by Crippen LogP contribution is -2.08. The Morgan fingerprint density at radius 1 is 1.19 bits per heavy atom. The Bertz CT molecular complexity index is 695. The first kappa shape index (κ1) is 15.2. The third kappa shape index (κ3) is 3.47. The van der Waals surface area contributed by atoms with Gasteiger partial charge in [-0.25, -0.2) is 4.98 Å². The minimum absolute atomic E-state index is 0.00294. The maximum absolute atomic E-state index is 12.7. The highest BCUT2D eigenvalue weighted by molar-refractivity contribution is 7.99. The average Bonchev–Trinajstić information content (AvgIpc) is 2.47. The van der Waals surface area contributed by atoms with Crippen LogP contribution < -0.4 is 4.74 Å². The number of alkyl halides is 3. The van der Waals surface area contributed by atoms with Gasteiger partial charge in [0.25, 0.3) is 0 Å². The van der Waals surface area contributed by atoms with Crippen LogP contribution in [0.1, 0.15) is 11.3 Å². The van der Waals surface area contributed by atoms with Crippen molar-refractivity contribution in [3.8, 4) is 11.8 Å². The molecule has 0 radical (unpaired) electrons. The van der Waals surface area contributed by atoms with Crippen LogP contribution in [0.4, 0.5) is 13.2 Å². The molecule has 0 N–H and O–H groups in total. The van der Waals surface area contributed by atoms with E-state index in [0.717, 1.165) is 23.9 Å². The van der Waals surface area contributed by atoms with Crippen LogP contribution in [0.25, 0.3) is 0 Å². The lowest BCUT2D eigenvalue weighted by Gasteiger charge is -2.10. The summed E-state index contributed by atoms with van der Waals surface area (Å²) in [6.07, 6.45) is -4.55. The molecule has 2 aromatic rings. The molecule has 0 spiro atoms. The number of rotatable bonds is 3. The fourth-order valence-electron chi connectivity index (χ4n) is 1.57. The Balaban J connectivity index is 2.45. The summed E-state index contributed by atoms with van der Waals surface area (Å²) in [5, 5.41) is 9.00. The highest BCUT2D eigenvalue weighted by Gasteiger charge is 2.33. The molecular formula is C14H9F3N2OS. The molecule has 108 valence electrons. The van der Waals surface area contributed by atoms with E-state index in [1.165, 1.54) is 7.11 Å². The maximum atomic E-state index is 12.7. The predicted octanol–water partition coefficient (Wildman–Crippen LogP) is 4.13. The Hall–Kier alpha value is -2.20. The zero-order chi connectivity index (χ0) is 15.5. The van der Waals surface area contributed by atoms with Crippen LogP contribution in [-0.4, -0.2) is 12.1 Å². The van der Waals surface area contributed by atoms with Crippen LogP contribution in [0, 0.1) is 11.3 Å². The molecule has 0 aliphatic carbocycles. The first-order valence-corrected chi connectivity index (χ1v) is 6.56. The van der Waals surface area contributed by atoms with Gasteiger partial charge in [-0.15, -0.1) is 0 Å². The highest BCUT2D eigenvalue weighted by Crippen LogP contribution is 2.37. The number of methoxy groups -OCH3 is 1. The summed E-state index contributed by atoms with van der Waals surface area (Å²) in [6, 6.07) is 10.6. The molecule has 0 aliphatic heterocycles. The van der Waals surface area contributed by atoms with Gasteiger partial charge < -0.3 is 4.74 Å². The summed E-state index contributed by atoms with van der Waals surface area (Å²) in [7, 11) is 1.46. The van der Waals surface area contributed by atoms with Crippen molar-refractivity contribution >= 4 is 11.8 Å². The number of benzene rings is 1. The molecule has 21 heavy (non-hydrogen) atoms. The quantitative estimate of drug-likeness (QED) is 0.855. The van der Waals surface area contributed by atoms with Gasteiger partial charge in [0.1, 0.15) is 22.5 Å². The van der Waals surface area contributed by atoms with Crippen molar-refractivity contribution in [3.63, 3.8) is 0 Å². The number of nitriles is 1. The number of halogens is 3. The first-order valence-electron chi connectivity index (χ1n) is 5.75. The van der Waals surface area contributed by atoms with Gasteiger partial charge in [0.15, 0.2) is 0 Å². The first-order chi connectivity index (χ1) is 9.95. The average molecular weight is 310 g/mol. The molecule has 1 aromatic carbocycles. The number of nitrogens with zero attached hydrogens (tertiary/aromatic N) is 2. The third-order valence-electron chi connectivity index (χ3n) is 2.55. The topological polar surface area (TPSA) is 45.9 Å². The molecule has 0 fully saturated rings. The minimum Gasteiger partial charge on any atom is -0.496 e. The summed E-state index contributed by atoms with van der Waals surface area (Å²) < 4.78 is 43.3. The van der Waals surface area contributed by atoms with Gasteiger partial charge in [-0.2, -0.15) is 18.4 Å². The van der Waals surface area contributed by atoms with Gasteiger partial charge in [-0.1, -0.05) is 23.9 Å². The zero-order valence-corrected chi connectivity index (χ0v) is 11.6. The van der Waals surface area contributed by atoms with E-state index in [1.54, 1.807) is 24.3 Å². The van der Waals surface area contributed by atoms with Gasteiger partial charge in [-0.05, 0) is 24.3 Å². The molecule has 2 rings (SSSR count). The van der Waals surface area contributed by atoms with Crippen LogP contribution in [0.3, 0.4) is 0 Å². The molecule has 7 heteroatoms. The molecule has 0 amide bonds. The fraction of sp³-hybridized carbons (Fsp3) is 0.143. The van der Waals surface area contributed by atoms with Crippen molar-refractivity contribution in [2.24, 2.45) is 0 Å². The lowest BCUT2D eigenvalue weighted by atomic mass is 10.2. The van der Waals surface area contributed by atoms with Gasteiger partial charge in [0.05, 0.1) is 17.6 Å². The Morgan fingerprint density at radius 2 is 1.90 bits per heavy atom. The second kappa shape index (κ2) is 6.06. The SMILES string of the molecule is COc1ccccc1Sc1nc(C(F)(F)F)ccc1C#N. The van der Waals surface area contributed by atoms with E-state index in [-0.39, 0.29) is 10.6 Å². The number of ether oxygens (including phenoxy) is 1. The predicted molar refractivity (Wildman–Crippen MR) is 71.1 cm³/mol. The van der Waals surface area contributed by atoms with Crippen molar-refractivity contribution in [2.45, 2.75) is 16.1 Å². The van der Waals surface area contributed by atoms with Crippen LogP contribution in [0.2, 0.25) is 0 Å². The van der Waals surface area contributed by atoms with E-state index in [9.17, 15) is 13.2 Å². The number of hydrogen-bond acceptors (Lipinski definition) is 4. The van der Waals surface area contributed by atoms with Crippen LogP contribution >= 0.6 is 11.8 Å². The number of hydrogen-bond donors (Lipinski definition) is 0. The summed E-state index contributed by atoms with van der Waals surface area (Å²) in [6.45, 7) is 0. The lowest BCUT2D eigenvalue weighted by molar-refractivity contribution is -0.141. The summed E-state index contributed by atoms with van der Waals surface area (Å²) in [4.78, 5) is 4.13. The fourth-order valence-corrected chi connectivity index (χ4v) is 2.54. The molecule has 1 aromatic heterocycles. The highest BCUT2D eigenvalue weighted by atomic mass is 32.2. The van der Waals surface area contributed by atoms with Crippen molar-refractivity contribution in [2.75, 3.05) is 7.11 Å². The molecule has 0 saturated heterocycles. The van der Waals surface area contributed by atoms with Gasteiger partial charge in [-0.3, -0.25) is 0 Å². The van der Waals surface area contributed by atoms with Gasteiger partial charge in [0, 0.05) is 0 Å². The molecule has 0 aliphatic rings. The largest absolute Gasteiger partial charge is 0.496 e. The van der Waals surface area contributed by atoms with Crippen molar-refractivity contribution < 1.29 is 17.9 Å². The monoisotopic (exact) mass is 310 g/mol. The van der Waals surface area contributed by atoms with Crippen LogP contribution in [0.15, 0.2) is 46.3 Å². The number of pyridine rings is 1. The molecule has 0 bridgehead atoms. The van der Waals surface area contributed by atoms with E-state index in [2.05, 4.69) is 4.98 Å². The molecular weight excluding hydrogens is 301 g/mol. The van der Waals surface area contributed by atoms with Crippen LogP contribution in [0.5, 0.6) is 5.75 Å². The number of aromatic nitrogens is 1. The second-order valence-corrected chi connectivity index (χ2v) is 4.94. The van der Waals surface area contributed by atoms with Crippen molar-refractivity contribution in [1.82, 2.24) is 4.98 Å². The van der Waals surface area contributed by atoms with E-state index in [1.807, 2.05) is 6.07 Å². The molecule has 1 heterocycles. The van der Waals surface area contributed by atoms with E-state index in [0.29, 0.717) is 10.6 Å². The summed E-state index contributed by atoms with van der Waals surface area (Å²) in [5.74, 6) is 0.505. The molecule has 0 unspecified atom stereocenters. The van der Waals surface area contributed by atoms with Gasteiger partial charge in [0.2, 0.25) is 0 Å². The molecule has 0 atom stereocenters. The van der Waals surface area contributed by atoms with E-state index < -0.39 is 11.9 Å². The van der Waals surface area contributed by atoms with Gasteiger partial charge >= 0.3 is 6.18 Å². The van der Waals surface area contributed by atoms with Crippen molar-refractivity contribution in [3.05, 3.63) is 47.7 Å². The summed E-state index contributed by atoms with van der Waals surface area (Å²) >= 11 is 0.962. The molecule has 3 nitrogen and oxygen atoms in total. The zero-order valence-electron chi connectivity index (χ0n) is 10.8. The number of para-hydroxylation sites is 1. The Morgan fingerprint density at radius 3 is 2.52 bits per heavy atom. The van der Waals surface area contributed by atoms with E-state index in [4.69, 9.17) is 10.00 Å². The minimum atomic E-state index is -4.55. The normalized spacial score (nSPS) is 11.0.